The molecule has 2 aromatic heterocycles. The summed E-state index contributed by atoms with van der Waals surface area (Å²) in [7, 11) is 3.53. The Kier molecular flexibility index (Phi) is 7.28. The predicted molar refractivity (Wildman–Crippen MR) is 124 cm³/mol. The fourth-order valence-electron chi connectivity index (χ4n) is 4.23. The zero-order chi connectivity index (χ0) is 26.2. The van der Waals surface area contributed by atoms with Gasteiger partial charge in [-0.1, -0.05) is 0 Å². The molecule has 36 heavy (non-hydrogen) atoms. The summed E-state index contributed by atoms with van der Waals surface area (Å²) in [6.45, 7) is -0.226. The monoisotopic (exact) mass is 527 g/mol. The Balaban J connectivity index is 1.57. The number of nitrogens with zero attached hydrogens (tertiary/aromatic N) is 4. The van der Waals surface area contributed by atoms with Crippen LogP contribution in [-0.4, -0.2) is 45.0 Å². The Morgan fingerprint density at radius 3 is 2.69 bits per heavy atom. The first-order chi connectivity index (χ1) is 17.0. The first kappa shape index (κ1) is 26.0. The van der Waals surface area contributed by atoms with Gasteiger partial charge in [-0.05, 0) is 24.1 Å². The van der Waals surface area contributed by atoms with E-state index in [0.29, 0.717) is 5.56 Å². The minimum absolute atomic E-state index is 0.0112. The van der Waals surface area contributed by atoms with E-state index in [1.807, 2.05) is 0 Å². The lowest BCUT2D eigenvalue weighted by Gasteiger charge is -2.30. The summed E-state index contributed by atoms with van der Waals surface area (Å²) in [6, 6.07) is 2.78. The maximum Gasteiger partial charge on any atom is 0.449 e. The summed E-state index contributed by atoms with van der Waals surface area (Å²) in [5.41, 5.74) is 6.82. The summed E-state index contributed by atoms with van der Waals surface area (Å²) in [6.07, 6.45) is -2.10. The number of rotatable bonds is 6. The maximum absolute atomic E-state index is 14.1. The number of halogens is 5. The van der Waals surface area contributed by atoms with Gasteiger partial charge in [-0.15, -0.1) is 9.24 Å². The quantitative estimate of drug-likeness (QED) is 0.394. The van der Waals surface area contributed by atoms with Crippen molar-refractivity contribution in [2.45, 2.75) is 38.1 Å². The van der Waals surface area contributed by atoms with E-state index in [9.17, 15) is 26.7 Å². The van der Waals surface area contributed by atoms with E-state index in [2.05, 4.69) is 19.2 Å². The SMILES string of the molecule is COc1cnccc1-c1nc(C(F)(F)F)n2c1CN(C(=O)CC(N)Cc1cc(P)c(F)cc1F)CC2. The molecule has 13 heteroatoms. The van der Waals surface area contributed by atoms with Crippen LogP contribution in [0.1, 0.15) is 23.5 Å². The van der Waals surface area contributed by atoms with Gasteiger partial charge in [-0.2, -0.15) is 13.2 Å². The lowest BCUT2D eigenvalue weighted by atomic mass is 10.0. The topological polar surface area (TPSA) is 86.3 Å². The van der Waals surface area contributed by atoms with E-state index in [-0.39, 0.29) is 60.5 Å². The summed E-state index contributed by atoms with van der Waals surface area (Å²) in [5, 5.41) is 0.175. The third-order valence-corrected chi connectivity index (χ3v) is 6.40. The van der Waals surface area contributed by atoms with Crippen LogP contribution < -0.4 is 15.8 Å². The van der Waals surface area contributed by atoms with Gasteiger partial charge in [0.15, 0.2) is 0 Å². The van der Waals surface area contributed by atoms with Crippen molar-refractivity contribution in [3.05, 3.63) is 59.3 Å². The molecule has 0 fully saturated rings. The smallest absolute Gasteiger partial charge is 0.449 e. The minimum atomic E-state index is -4.70. The molecular formula is C23H23F5N5O2P. The molecule has 1 aliphatic rings. The van der Waals surface area contributed by atoms with Crippen LogP contribution >= 0.6 is 9.24 Å². The fraction of sp³-hybridized carbons (Fsp3) is 0.348. The number of alkyl halides is 3. The van der Waals surface area contributed by atoms with Crippen molar-refractivity contribution in [1.82, 2.24) is 19.4 Å². The maximum atomic E-state index is 14.1. The highest BCUT2D eigenvalue weighted by Gasteiger charge is 2.41. The lowest BCUT2D eigenvalue weighted by molar-refractivity contribution is -0.148. The molecular weight excluding hydrogens is 504 g/mol. The Bertz CT molecular complexity index is 1300. The van der Waals surface area contributed by atoms with E-state index in [4.69, 9.17) is 10.5 Å². The van der Waals surface area contributed by atoms with Crippen molar-refractivity contribution in [2.24, 2.45) is 5.73 Å². The zero-order valence-electron chi connectivity index (χ0n) is 19.1. The van der Waals surface area contributed by atoms with Crippen LogP contribution in [0.5, 0.6) is 5.75 Å². The molecule has 192 valence electrons. The van der Waals surface area contributed by atoms with Gasteiger partial charge >= 0.3 is 6.18 Å². The molecule has 0 saturated carbocycles. The van der Waals surface area contributed by atoms with Crippen molar-refractivity contribution >= 4 is 20.5 Å². The number of nitrogens with two attached hydrogens (primary N) is 1. The molecule has 7 nitrogen and oxygen atoms in total. The van der Waals surface area contributed by atoms with Crippen LogP contribution in [0.3, 0.4) is 0 Å². The summed E-state index contributed by atoms with van der Waals surface area (Å²) in [5.74, 6) is -2.69. The van der Waals surface area contributed by atoms with E-state index in [1.54, 1.807) is 0 Å². The van der Waals surface area contributed by atoms with Crippen molar-refractivity contribution in [3.63, 3.8) is 0 Å². The number of hydrogen-bond acceptors (Lipinski definition) is 5. The van der Waals surface area contributed by atoms with Crippen molar-refractivity contribution < 1.29 is 31.5 Å². The number of imidazole rings is 1. The third-order valence-electron chi connectivity index (χ3n) is 5.96. The second-order valence-corrected chi connectivity index (χ2v) is 9.03. The Morgan fingerprint density at radius 2 is 2.00 bits per heavy atom. The van der Waals surface area contributed by atoms with Gasteiger partial charge in [0.25, 0.3) is 0 Å². The highest BCUT2D eigenvalue weighted by atomic mass is 31.0. The predicted octanol–water partition coefficient (Wildman–Crippen LogP) is 3.05. The molecule has 1 aliphatic heterocycles. The Hall–Kier alpha value is -3.11. The molecule has 1 amide bonds. The fourth-order valence-corrected chi connectivity index (χ4v) is 4.51. The van der Waals surface area contributed by atoms with Gasteiger partial charge in [-0.25, -0.2) is 13.8 Å². The molecule has 0 bridgehead atoms. The molecule has 0 spiro atoms. The normalized spacial score (nSPS) is 14.5. The van der Waals surface area contributed by atoms with Gasteiger partial charge in [-0.3, -0.25) is 9.78 Å². The van der Waals surface area contributed by atoms with Gasteiger partial charge in [0.1, 0.15) is 17.4 Å². The molecule has 3 heterocycles. The number of carbonyl (C=O) groups excluding carboxylic acids is 1. The van der Waals surface area contributed by atoms with E-state index in [0.717, 1.165) is 10.6 Å². The molecule has 2 atom stereocenters. The molecule has 2 N–H and O–H groups in total. The Morgan fingerprint density at radius 1 is 1.25 bits per heavy atom. The molecule has 3 aromatic rings. The molecule has 0 radical (unpaired) electrons. The van der Waals surface area contributed by atoms with Gasteiger partial charge in [0.2, 0.25) is 11.7 Å². The highest BCUT2D eigenvalue weighted by Crippen LogP contribution is 2.38. The molecule has 2 unspecified atom stereocenters. The van der Waals surface area contributed by atoms with E-state index < -0.39 is 35.6 Å². The number of amides is 1. The van der Waals surface area contributed by atoms with E-state index in [1.165, 1.54) is 36.5 Å². The first-order valence-electron chi connectivity index (χ1n) is 10.9. The zero-order valence-corrected chi connectivity index (χ0v) is 20.3. The summed E-state index contributed by atoms with van der Waals surface area (Å²) >= 11 is 0. The van der Waals surface area contributed by atoms with Crippen molar-refractivity contribution in [3.8, 4) is 17.0 Å². The second kappa shape index (κ2) is 10.1. The Labute approximate surface area is 205 Å². The van der Waals surface area contributed by atoms with Crippen LogP contribution in [0.25, 0.3) is 11.3 Å². The van der Waals surface area contributed by atoms with Crippen molar-refractivity contribution in [1.29, 1.82) is 0 Å². The average Bonchev–Trinajstić information content (AvgIpc) is 3.21. The van der Waals surface area contributed by atoms with Crippen LogP contribution in [0.15, 0.2) is 30.6 Å². The summed E-state index contributed by atoms with van der Waals surface area (Å²) < 4.78 is 75.1. The number of ether oxygens (including phenoxy) is 1. The lowest BCUT2D eigenvalue weighted by Crippen LogP contribution is -2.42. The standard InChI is InChI=1S/C23H23F5N5O2P/c1-35-18-10-30-3-2-14(18)21-17-11-32(4-5-33(17)22(31-21)23(26,27)28)20(34)8-13(29)6-12-7-19(36)16(25)9-15(12)24/h2-3,7,9-10,13H,4-6,8,11,29,36H2,1H3. The number of aromatic nitrogens is 3. The number of hydrogen-bond donors (Lipinski definition) is 1. The number of fused-ring (bicyclic) bond motifs is 1. The number of methoxy groups -OCH3 is 1. The van der Waals surface area contributed by atoms with Crippen LogP contribution in [0, 0.1) is 11.6 Å². The van der Waals surface area contributed by atoms with Crippen LogP contribution in [-0.2, 0) is 30.5 Å². The molecule has 0 aliphatic carbocycles. The third kappa shape index (κ3) is 5.19. The van der Waals surface area contributed by atoms with Gasteiger partial charge < -0.3 is 19.9 Å². The van der Waals surface area contributed by atoms with Gasteiger partial charge in [0.05, 0.1) is 31.2 Å². The van der Waals surface area contributed by atoms with Gasteiger partial charge in [0, 0.05) is 48.7 Å². The van der Waals surface area contributed by atoms with E-state index >= 15 is 0 Å². The highest BCUT2D eigenvalue weighted by molar-refractivity contribution is 7.27. The molecule has 0 saturated heterocycles. The van der Waals surface area contributed by atoms with Crippen LogP contribution in [0.4, 0.5) is 22.0 Å². The average molecular weight is 527 g/mol. The number of pyridine rings is 1. The number of carbonyl (C=O) groups is 1. The van der Waals surface area contributed by atoms with Crippen LogP contribution in [0.2, 0.25) is 0 Å². The largest absolute Gasteiger partial charge is 0.494 e. The first-order valence-corrected chi connectivity index (χ1v) is 11.5. The molecule has 1 aromatic carbocycles. The minimum Gasteiger partial charge on any atom is -0.494 e. The summed E-state index contributed by atoms with van der Waals surface area (Å²) in [4.78, 5) is 22.2. The number of benzene rings is 1. The second-order valence-electron chi connectivity index (χ2n) is 8.40. The van der Waals surface area contributed by atoms with Crippen molar-refractivity contribution in [2.75, 3.05) is 13.7 Å². The molecule has 4 rings (SSSR count).